The number of amides is 1. The van der Waals surface area contributed by atoms with Crippen LogP contribution in [-0.4, -0.2) is 61.7 Å². The molecule has 0 aromatic heterocycles. The van der Waals surface area contributed by atoms with Gasteiger partial charge in [-0.2, -0.15) is 0 Å². The van der Waals surface area contributed by atoms with Gasteiger partial charge in [-0.15, -0.1) is 0 Å². The lowest BCUT2D eigenvalue weighted by molar-refractivity contribution is -0.132. The molecule has 1 aliphatic heterocycles. The number of nitrogens with zero attached hydrogens (tertiary/aromatic N) is 2. The van der Waals surface area contributed by atoms with Crippen molar-refractivity contribution in [1.29, 1.82) is 0 Å². The van der Waals surface area contributed by atoms with E-state index >= 15 is 0 Å². The van der Waals surface area contributed by atoms with Crippen LogP contribution < -0.4 is 14.2 Å². The van der Waals surface area contributed by atoms with Crippen molar-refractivity contribution in [2.24, 2.45) is 0 Å². The first kappa shape index (κ1) is 21.0. The largest absolute Gasteiger partial charge is 0.494 e. The predicted molar refractivity (Wildman–Crippen MR) is 113 cm³/mol. The van der Waals surface area contributed by atoms with Crippen molar-refractivity contribution >= 4 is 5.91 Å². The Labute approximate surface area is 173 Å². The van der Waals surface area contributed by atoms with Crippen LogP contribution in [-0.2, 0) is 11.3 Å². The third kappa shape index (κ3) is 5.87. The van der Waals surface area contributed by atoms with Gasteiger partial charge in [0.05, 0.1) is 13.2 Å². The van der Waals surface area contributed by atoms with Crippen molar-refractivity contribution in [3.05, 3.63) is 54.1 Å². The molecule has 0 aliphatic carbocycles. The molecule has 156 valence electrons. The maximum absolute atomic E-state index is 12.7. The van der Waals surface area contributed by atoms with E-state index in [-0.39, 0.29) is 12.0 Å². The molecule has 2 aromatic carbocycles. The quantitative estimate of drug-likeness (QED) is 0.649. The average Bonchev–Trinajstić information content (AvgIpc) is 2.74. The summed E-state index contributed by atoms with van der Waals surface area (Å²) in [6.45, 7) is 7.48. The summed E-state index contributed by atoms with van der Waals surface area (Å²) in [4.78, 5) is 16.6. The van der Waals surface area contributed by atoms with Gasteiger partial charge >= 0.3 is 0 Å². The fourth-order valence-electron chi connectivity index (χ4n) is 3.28. The van der Waals surface area contributed by atoms with Crippen molar-refractivity contribution < 1.29 is 19.0 Å². The highest BCUT2D eigenvalue weighted by atomic mass is 16.6. The average molecular weight is 399 g/mol. The van der Waals surface area contributed by atoms with Crippen LogP contribution in [0.15, 0.2) is 48.5 Å². The van der Waals surface area contributed by atoms with Crippen LogP contribution in [0.4, 0.5) is 0 Å². The number of benzene rings is 2. The highest BCUT2D eigenvalue weighted by Crippen LogP contribution is 2.31. The van der Waals surface area contributed by atoms with Crippen LogP contribution in [0.25, 0.3) is 0 Å². The number of rotatable bonds is 9. The zero-order chi connectivity index (χ0) is 20.6. The molecule has 2 aromatic rings. The maximum atomic E-state index is 12.7. The fourth-order valence-corrected chi connectivity index (χ4v) is 3.28. The summed E-state index contributed by atoms with van der Waals surface area (Å²) in [6.07, 6.45) is -0.0888. The Bertz CT molecular complexity index is 794. The van der Waals surface area contributed by atoms with Gasteiger partial charge in [0, 0.05) is 20.1 Å². The van der Waals surface area contributed by atoms with E-state index in [4.69, 9.17) is 14.2 Å². The number of fused-ring (bicyclic) bond motifs is 1. The normalized spacial score (nSPS) is 15.2. The van der Waals surface area contributed by atoms with Crippen LogP contribution in [0.5, 0.6) is 17.2 Å². The second-order valence-corrected chi connectivity index (χ2v) is 7.15. The lowest BCUT2D eigenvalue weighted by atomic mass is 10.2. The number of likely N-dealkylation sites (N-methyl/N-ethyl adjacent to an activating group) is 2. The summed E-state index contributed by atoms with van der Waals surface area (Å²) in [7, 11) is 1.84. The van der Waals surface area contributed by atoms with E-state index in [0.717, 1.165) is 29.4 Å². The van der Waals surface area contributed by atoms with Gasteiger partial charge in [0.1, 0.15) is 18.5 Å². The molecule has 1 unspecified atom stereocenters. The Balaban J connectivity index is 1.50. The molecule has 0 spiro atoms. The molecule has 1 amide bonds. The summed E-state index contributed by atoms with van der Waals surface area (Å²) >= 11 is 0. The van der Waals surface area contributed by atoms with Crippen LogP contribution in [0.2, 0.25) is 0 Å². The third-order valence-electron chi connectivity index (χ3n) is 4.92. The van der Waals surface area contributed by atoms with E-state index in [0.29, 0.717) is 32.8 Å². The first-order valence-electron chi connectivity index (χ1n) is 10.2. The monoisotopic (exact) mass is 398 g/mol. The minimum absolute atomic E-state index is 0.0814. The Hall–Kier alpha value is -2.73. The van der Waals surface area contributed by atoms with E-state index in [1.54, 1.807) is 4.90 Å². The zero-order valence-corrected chi connectivity index (χ0v) is 17.5. The van der Waals surface area contributed by atoms with E-state index in [9.17, 15) is 4.79 Å². The van der Waals surface area contributed by atoms with Crippen molar-refractivity contribution in [2.75, 3.05) is 39.9 Å². The highest BCUT2D eigenvalue weighted by molar-refractivity contribution is 5.78. The van der Waals surface area contributed by atoms with Gasteiger partial charge in [0.25, 0.3) is 0 Å². The summed E-state index contributed by atoms with van der Waals surface area (Å²) in [6, 6.07) is 15.5. The van der Waals surface area contributed by atoms with Crippen molar-refractivity contribution in [2.45, 2.75) is 26.5 Å². The zero-order valence-electron chi connectivity index (χ0n) is 17.5. The standard InChI is InChI=1S/C23H30N2O4/c1-4-25(15-20-17-28-21-8-6-7-9-22(21)29-20)16-23(26)24(3)14-18-10-12-19(13-11-18)27-5-2/h6-13,20H,4-5,14-17H2,1-3H3. The first-order valence-corrected chi connectivity index (χ1v) is 10.2. The molecule has 6 heteroatoms. The second-order valence-electron chi connectivity index (χ2n) is 7.15. The van der Waals surface area contributed by atoms with E-state index in [2.05, 4.69) is 11.8 Å². The molecule has 0 bridgehead atoms. The number of ether oxygens (including phenoxy) is 3. The molecular weight excluding hydrogens is 368 g/mol. The summed E-state index contributed by atoms with van der Waals surface area (Å²) < 4.78 is 17.3. The highest BCUT2D eigenvalue weighted by Gasteiger charge is 2.24. The lowest BCUT2D eigenvalue weighted by Gasteiger charge is -2.31. The van der Waals surface area contributed by atoms with E-state index in [1.165, 1.54) is 0 Å². The molecule has 1 heterocycles. The van der Waals surface area contributed by atoms with Crippen molar-refractivity contribution in [3.63, 3.8) is 0 Å². The molecular formula is C23H30N2O4. The van der Waals surface area contributed by atoms with Gasteiger partial charge in [-0.05, 0) is 43.3 Å². The lowest BCUT2D eigenvalue weighted by Crippen LogP contribution is -2.45. The molecule has 6 nitrogen and oxygen atoms in total. The Morgan fingerprint density at radius 2 is 1.83 bits per heavy atom. The number of hydrogen-bond acceptors (Lipinski definition) is 5. The summed E-state index contributed by atoms with van der Waals surface area (Å²) in [5.41, 5.74) is 1.08. The molecule has 0 saturated heterocycles. The Morgan fingerprint density at radius 3 is 2.52 bits per heavy atom. The topological polar surface area (TPSA) is 51.2 Å². The molecule has 3 rings (SSSR count). The minimum Gasteiger partial charge on any atom is -0.494 e. The van der Waals surface area contributed by atoms with Gasteiger partial charge in [-0.1, -0.05) is 31.2 Å². The van der Waals surface area contributed by atoms with Crippen LogP contribution in [0.3, 0.4) is 0 Å². The van der Waals surface area contributed by atoms with Crippen LogP contribution in [0, 0.1) is 0 Å². The molecule has 0 N–H and O–H groups in total. The Kier molecular flexibility index (Phi) is 7.36. The minimum atomic E-state index is -0.0888. The maximum Gasteiger partial charge on any atom is 0.236 e. The molecule has 0 radical (unpaired) electrons. The van der Waals surface area contributed by atoms with Crippen LogP contribution in [0.1, 0.15) is 19.4 Å². The molecule has 0 saturated carbocycles. The summed E-state index contributed by atoms with van der Waals surface area (Å²) in [5, 5.41) is 0. The molecule has 1 aliphatic rings. The fraction of sp³-hybridized carbons (Fsp3) is 0.435. The van der Waals surface area contributed by atoms with Crippen molar-refractivity contribution in [3.8, 4) is 17.2 Å². The number of carbonyl (C=O) groups is 1. The number of carbonyl (C=O) groups excluding carboxylic acids is 1. The van der Waals surface area contributed by atoms with Crippen LogP contribution >= 0.6 is 0 Å². The molecule has 1 atom stereocenters. The SMILES string of the molecule is CCOc1ccc(CN(C)C(=O)CN(CC)CC2COc3ccccc3O2)cc1. The molecule has 0 fully saturated rings. The predicted octanol–water partition coefficient (Wildman–Crippen LogP) is 3.21. The van der Waals surface area contributed by atoms with Gasteiger partial charge in [0.15, 0.2) is 11.5 Å². The van der Waals surface area contributed by atoms with Gasteiger partial charge in [0.2, 0.25) is 5.91 Å². The molecule has 29 heavy (non-hydrogen) atoms. The number of para-hydroxylation sites is 2. The van der Waals surface area contributed by atoms with E-state index in [1.807, 2.05) is 62.5 Å². The van der Waals surface area contributed by atoms with Crippen molar-refractivity contribution in [1.82, 2.24) is 9.80 Å². The third-order valence-corrected chi connectivity index (χ3v) is 4.92. The van der Waals surface area contributed by atoms with E-state index < -0.39 is 0 Å². The first-order chi connectivity index (χ1) is 14.1. The number of hydrogen-bond donors (Lipinski definition) is 0. The van der Waals surface area contributed by atoms with Gasteiger partial charge in [-0.3, -0.25) is 9.69 Å². The van der Waals surface area contributed by atoms with Gasteiger partial charge in [-0.25, -0.2) is 0 Å². The summed E-state index contributed by atoms with van der Waals surface area (Å²) in [5.74, 6) is 2.47. The van der Waals surface area contributed by atoms with Gasteiger partial charge < -0.3 is 19.1 Å². The smallest absolute Gasteiger partial charge is 0.236 e. The second kappa shape index (κ2) is 10.2. The Morgan fingerprint density at radius 1 is 1.10 bits per heavy atom.